The summed E-state index contributed by atoms with van der Waals surface area (Å²) < 4.78 is 2.52. The van der Waals surface area contributed by atoms with Gasteiger partial charge in [0.05, 0.1) is 0 Å². The summed E-state index contributed by atoms with van der Waals surface area (Å²) >= 11 is 0. The molecule has 3 rings (SSSR count). The van der Waals surface area contributed by atoms with Crippen LogP contribution in [-0.4, -0.2) is 4.57 Å². The van der Waals surface area contributed by atoms with E-state index in [0.717, 1.165) is 5.69 Å². The zero-order valence-electron chi connectivity index (χ0n) is 11.6. The molecular weight excluding hydrogens is 220 g/mol. The summed E-state index contributed by atoms with van der Waals surface area (Å²) in [6.07, 6.45) is 5.08. The van der Waals surface area contributed by atoms with E-state index in [2.05, 4.69) is 37.5 Å². The summed E-state index contributed by atoms with van der Waals surface area (Å²) in [5.74, 6) is 0. The molecule has 1 aromatic carbocycles. The standard InChI is InChI=1S/C16H22N2/c1-10(2)18-14-7-5-4-6-12(14)16-11(3)13(17)8-9-15(16)18/h8-10H,4-7,17H2,1-3H3. The van der Waals surface area contributed by atoms with Crippen LogP contribution in [0.5, 0.6) is 0 Å². The Bertz CT molecular complexity index is 605. The number of benzene rings is 1. The van der Waals surface area contributed by atoms with Gasteiger partial charge in [-0.25, -0.2) is 0 Å². The first-order valence-corrected chi connectivity index (χ1v) is 7.02. The first kappa shape index (κ1) is 11.6. The van der Waals surface area contributed by atoms with Crippen LogP contribution >= 0.6 is 0 Å². The lowest BCUT2D eigenvalue weighted by molar-refractivity contribution is 0.561. The number of nitrogens with zero attached hydrogens (tertiary/aromatic N) is 1. The van der Waals surface area contributed by atoms with Gasteiger partial charge in [0.2, 0.25) is 0 Å². The van der Waals surface area contributed by atoms with Crippen LogP contribution in [0.4, 0.5) is 5.69 Å². The Morgan fingerprint density at radius 1 is 1.17 bits per heavy atom. The molecule has 96 valence electrons. The quantitative estimate of drug-likeness (QED) is 0.753. The number of nitrogens with two attached hydrogens (primary N) is 1. The number of aryl methyl sites for hydroxylation is 2. The third-order valence-corrected chi connectivity index (χ3v) is 4.29. The summed E-state index contributed by atoms with van der Waals surface area (Å²) in [7, 11) is 0. The van der Waals surface area contributed by atoms with Gasteiger partial charge in [-0.3, -0.25) is 0 Å². The van der Waals surface area contributed by atoms with Crippen LogP contribution in [0.1, 0.15) is 49.6 Å². The van der Waals surface area contributed by atoms with E-state index in [1.54, 1.807) is 11.3 Å². The molecule has 1 heterocycles. The fourth-order valence-corrected chi connectivity index (χ4v) is 3.45. The fraction of sp³-hybridized carbons (Fsp3) is 0.500. The Labute approximate surface area is 109 Å². The lowest BCUT2D eigenvalue weighted by Gasteiger charge is -2.18. The zero-order chi connectivity index (χ0) is 12.9. The lowest BCUT2D eigenvalue weighted by atomic mass is 9.93. The van der Waals surface area contributed by atoms with E-state index in [-0.39, 0.29) is 0 Å². The molecule has 2 N–H and O–H groups in total. The number of nitrogen functional groups attached to an aromatic ring is 1. The van der Waals surface area contributed by atoms with Crippen LogP contribution in [0, 0.1) is 6.92 Å². The summed E-state index contributed by atoms with van der Waals surface area (Å²) in [6, 6.07) is 4.79. The highest BCUT2D eigenvalue weighted by molar-refractivity contribution is 5.92. The molecule has 1 aliphatic rings. The van der Waals surface area contributed by atoms with Crippen LogP contribution in [0.25, 0.3) is 10.9 Å². The first-order valence-electron chi connectivity index (χ1n) is 7.02. The molecule has 0 saturated heterocycles. The monoisotopic (exact) mass is 242 g/mol. The average Bonchev–Trinajstić information content (AvgIpc) is 2.68. The Morgan fingerprint density at radius 2 is 1.89 bits per heavy atom. The van der Waals surface area contributed by atoms with Gasteiger partial charge in [-0.1, -0.05) is 0 Å². The second-order valence-electron chi connectivity index (χ2n) is 5.77. The second-order valence-corrected chi connectivity index (χ2v) is 5.77. The molecule has 0 spiro atoms. The molecule has 1 aromatic heterocycles. The largest absolute Gasteiger partial charge is 0.398 e. The molecule has 0 radical (unpaired) electrons. The van der Waals surface area contributed by atoms with Crippen molar-refractivity contribution >= 4 is 16.6 Å². The van der Waals surface area contributed by atoms with Crippen molar-refractivity contribution in [3.8, 4) is 0 Å². The number of anilines is 1. The van der Waals surface area contributed by atoms with E-state index in [1.165, 1.54) is 42.1 Å². The van der Waals surface area contributed by atoms with Gasteiger partial charge >= 0.3 is 0 Å². The van der Waals surface area contributed by atoms with Crippen molar-refractivity contribution in [1.82, 2.24) is 4.57 Å². The molecule has 0 aliphatic heterocycles. The van der Waals surface area contributed by atoms with Crippen LogP contribution in [-0.2, 0) is 12.8 Å². The van der Waals surface area contributed by atoms with Crippen molar-refractivity contribution in [2.75, 3.05) is 5.73 Å². The summed E-state index contributed by atoms with van der Waals surface area (Å²) in [4.78, 5) is 0. The van der Waals surface area contributed by atoms with E-state index in [0.29, 0.717) is 6.04 Å². The number of aromatic nitrogens is 1. The molecule has 0 amide bonds. The van der Waals surface area contributed by atoms with Gasteiger partial charge in [0.15, 0.2) is 0 Å². The third kappa shape index (κ3) is 1.48. The predicted molar refractivity (Wildman–Crippen MR) is 78.1 cm³/mol. The smallest absolute Gasteiger partial charge is 0.0492 e. The maximum atomic E-state index is 6.10. The highest BCUT2D eigenvalue weighted by atomic mass is 15.0. The van der Waals surface area contributed by atoms with Crippen molar-refractivity contribution in [3.05, 3.63) is 29.0 Å². The maximum Gasteiger partial charge on any atom is 0.0492 e. The van der Waals surface area contributed by atoms with Gasteiger partial charge < -0.3 is 10.3 Å². The lowest BCUT2D eigenvalue weighted by Crippen LogP contribution is -2.09. The molecule has 2 aromatic rings. The van der Waals surface area contributed by atoms with E-state index < -0.39 is 0 Å². The molecule has 0 fully saturated rings. The van der Waals surface area contributed by atoms with Gasteiger partial charge in [0.1, 0.15) is 0 Å². The van der Waals surface area contributed by atoms with E-state index >= 15 is 0 Å². The molecular formula is C16H22N2. The topological polar surface area (TPSA) is 30.9 Å². The molecule has 2 nitrogen and oxygen atoms in total. The number of rotatable bonds is 1. The summed E-state index contributed by atoms with van der Waals surface area (Å²) in [6.45, 7) is 6.72. The molecule has 2 heteroatoms. The molecule has 1 aliphatic carbocycles. The van der Waals surface area contributed by atoms with Crippen LogP contribution in [0.2, 0.25) is 0 Å². The maximum absolute atomic E-state index is 6.10. The molecule has 0 bridgehead atoms. The fourth-order valence-electron chi connectivity index (χ4n) is 3.45. The van der Waals surface area contributed by atoms with Gasteiger partial charge in [-0.15, -0.1) is 0 Å². The Hall–Kier alpha value is -1.44. The van der Waals surface area contributed by atoms with E-state index in [4.69, 9.17) is 5.73 Å². The second kappa shape index (κ2) is 4.04. The SMILES string of the molecule is Cc1c(N)ccc2c1c1c(n2C(C)C)CCCC1. The van der Waals surface area contributed by atoms with Gasteiger partial charge in [-0.2, -0.15) is 0 Å². The van der Waals surface area contributed by atoms with Crippen LogP contribution in [0.15, 0.2) is 12.1 Å². The van der Waals surface area contributed by atoms with Gasteiger partial charge in [-0.05, 0) is 69.7 Å². The van der Waals surface area contributed by atoms with Gasteiger partial charge in [0.25, 0.3) is 0 Å². The van der Waals surface area contributed by atoms with Crippen molar-refractivity contribution < 1.29 is 0 Å². The minimum absolute atomic E-state index is 0.525. The minimum Gasteiger partial charge on any atom is -0.398 e. The van der Waals surface area contributed by atoms with Crippen molar-refractivity contribution in [2.45, 2.75) is 52.5 Å². The molecule has 18 heavy (non-hydrogen) atoms. The Kier molecular flexibility index (Phi) is 2.61. The number of hydrogen-bond acceptors (Lipinski definition) is 1. The Morgan fingerprint density at radius 3 is 2.61 bits per heavy atom. The zero-order valence-corrected chi connectivity index (χ0v) is 11.6. The first-order chi connectivity index (χ1) is 8.61. The van der Waals surface area contributed by atoms with Crippen LogP contribution in [0.3, 0.4) is 0 Å². The number of hydrogen-bond donors (Lipinski definition) is 1. The van der Waals surface area contributed by atoms with E-state index in [1.807, 2.05) is 0 Å². The van der Waals surface area contributed by atoms with Crippen molar-refractivity contribution in [1.29, 1.82) is 0 Å². The summed E-state index contributed by atoms with van der Waals surface area (Å²) in [5, 5.41) is 1.43. The predicted octanol–water partition coefficient (Wildman–Crippen LogP) is 3.99. The molecule has 0 saturated carbocycles. The average molecular weight is 242 g/mol. The van der Waals surface area contributed by atoms with Crippen molar-refractivity contribution in [3.63, 3.8) is 0 Å². The molecule has 0 atom stereocenters. The normalized spacial score (nSPS) is 15.3. The summed E-state index contributed by atoms with van der Waals surface area (Å²) in [5.41, 5.74) is 12.8. The van der Waals surface area contributed by atoms with Crippen LogP contribution < -0.4 is 5.73 Å². The highest BCUT2D eigenvalue weighted by Crippen LogP contribution is 2.37. The number of fused-ring (bicyclic) bond motifs is 3. The Balaban J connectivity index is 2.44. The van der Waals surface area contributed by atoms with Crippen molar-refractivity contribution in [2.24, 2.45) is 0 Å². The van der Waals surface area contributed by atoms with Gasteiger partial charge in [0, 0.05) is 28.3 Å². The third-order valence-electron chi connectivity index (χ3n) is 4.29. The highest BCUT2D eigenvalue weighted by Gasteiger charge is 2.22. The molecule has 0 unspecified atom stereocenters. The minimum atomic E-state index is 0.525. The van der Waals surface area contributed by atoms with E-state index in [9.17, 15) is 0 Å².